The lowest BCUT2D eigenvalue weighted by Gasteiger charge is -2.44. The first-order valence-corrected chi connectivity index (χ1v) is 6.23. The van der Waals surface area contributed by atoms with E-state index < -0.39 is 0 Å². The third-order valence-electron chi connectivity index (χ3n) is 3.72. The lowest BCUT2D eigenvalue weighted by atomic mass is 9.70. The maximum atomic E-state index is 11.8. The molecule has 4 nitrogen and oxygen atoms in total. The predicted molar refractivity (Wildman–Crippen MR) is 64.8 cm³/mol. The van der Waals surface area contributed by atoms with Crippen LogP contribution < -0.4 is 0 Å². The topological polar surface area (TPSA) is 46.6 Å². The Morgan fingerprint density at radius 1 is 1.22 bits per heavy atom. The lowest BCUT2D eigenvalue weighted by molar-refractivity contribution is -0.142. The molecule has 18 heavy (non-hydrogen) atoms. The molecule has 2 aliphatic heterocycles. The second-order valence-electron chi connectivity index (χ2n) is 4.98. The van der Waals surface area contributed by atoms with E-state index in [2.05, 4.69) is 0 Å². The molecular formula is C14H15NO3. The number of piperidine rings is 2. The number of Topliss-reactive ketones (excluding diaryl/α,β-unsaturated/α-hetero) is 1. The first-order chi connectivity index (χ1) is 8.74. The highest BCUT2D eigenvalue weighted by molar-refractivity contribution is 5.91. The molecule has 1 aromatic carbocycles. The quantitative estimate of drug-likeness (QED) is 0.798. The number of benzene rings is 1. The molecule has 3 fully saturated rings. The Kier molecular flexibility index (Phi) is 2.78. The molecule has 0 unspecified atom stereocenters. The standard InChI is InChI=1S/C14H15NO3/c16-13-11-6-12(13)8-15(7-11)14(17)18-9-10-4-2-1-3-5-10/h1-5,11-12H,6-9H2/t11-,12+. The molecule has 4 rings (SSSR count). The van der Waals surface area contributed by atoms with E-state index in [-0.39, 0.29) is 17.9 Å². The molecule has 94 valence electrons. The highest BCUT2D eigenvalue weighted by atomic mass is 16.6. The highest BCUT2D eigenvalue weighted by Gasteiger charge is 2.47. The SMILES string of the molecule is O=C1[C@@H]2C[C@H]1CN(C(=O)OCc1ccccc1)C2. The number of hydrogen-bond donors (Lipinski definition) is 0. The number of fused-ring (bicyclic) bond motifs is 2. The first-order valence-electron chi connectivity index (χ1n) is 6.23. The van der Waals surface area contributed by atoms with Crippen molar-refractivity contribution in [3.05, 3.63) is 35.9 Å². The van der Waals surface area contributed by atoms with Gasteiger partial charge in [-0.25, -0.2) is 4.79 Å². The van der Waals surface area contributed by atoms with E-state index in [1.165, 1.54) is 0 Å². The zero-order chi connectivity index (χ0) is 12.5. The van der Waals surface area contributed by atoms with Gasteiger partial charge in [-0.1, -0.05) is 30.3 Å². The van der Waals surface area contributed by atoms with Crippen molar-refractivity contribution in [2.24, 2.45) is 11.8 Å². The summed E-state index contributed by atoms with van der Waals surface area (Å²) in [5.74, 6) is 0.447. The molecule has 1 aliphatic carbocycles. The average Bonchev–Trinajstić information content (AvgIpc) is 2.45. The van der Waals surface area contributed by atoms with E-state index >= 15 is 0 Å². The molecular weight excluding hydrogens is 230 g/mol. The van der Waals surface area contributed by atoms with Gasteiger partial charge in [-0.3, -0.25) is 4.79 Å². The molecule has 2 atom stereocenters. The molecule has 3 aliphatic rings. The van der Waals surface area contributed by atoms with Crippen LogP contribution in [-0.2, 0) is 16.1 Å². The largest absolute Gasteiger partial charge is 0.445 e. The second-order valence-corrected chi connectivity index (χ2v) is 4.98. The van der Waals surface area contributed by atoms with Crippen molar-refractivity contribution in [2.45, 2.75) is 13.0 Å². The van der Waals surface area contributed by atoms with E-state index in [1.807, 2.05) is 30.3 Å². The van der Waals surface area contributed by atoms with Gasteiger partial charge < -0.3 is 9.64 Å². The van der Waals surface area contributed by atoms with Crippen molar-refractivity contribution in [3.8, 4) is 0 Å². The maximum absolute atomic E-state index is 11.8. The van der Waals surface area contributed by atoms with E-state index in [0.717, 1.165) is 12.0 Å². The number of hydrogen-bond acceptors (Lipinski definition) is 3. The number of carbonyl (C=O) groups excluding carboxylic acids is 2. The summed E-state index contributed by atoms with van der Waals surface area (Å²) < 4.78 is 5.25. The predicted octanol–water partition coefficient (Wildman–Crippen LogP) is 1.84. The van der Waals surface area contributed by atoms with Crippen LogP contribution in [0, 0.1) is 11.8 Å². The fraction of sp³-hybridized carbons (Fsp3) is 0.429. The normalized spacial score (nSPS) is 25.6. The van der Waals surface area contributed by atoms with Gasteiger partial charge in [0.1, 0.15) is 12.4 Å². The highest BCUT2D eigenvalue weighted by Crippen LogP contribution is 2.36. The van der Waals surface area contributed by atoms with Gasteiger partial charge in [0.15, 0.2) is 0 Å². The number of ether oxygens (including phenoxy) is 1. The van der Waals surface area contributed by atoms with Crippen molar-refractivity contribution >= 4 is 11.9 Å². The number of amides is 1. The number of ketones is 1. The van der Waals surface area contributed by atoms with Crippen LogP contribution in [0.3, 0.4) is 0 Å². The lowest BCUT2D eigenvalue weighted by Crippen LogP contribution is -2.57. The average molecular weight is 245 g/mol. The van der Waals surface area contributed by atoms with Gasteiger partial charge in [0.25, 0.3) is 0 Å². The van der Waals surface area contributed by atoms with Crippen LogP contribution in [0.5, 0.6) is 0 Å². The molecule has 2 saturated heterocycles. The molecule has 0 radical (unpaired) electrons. The molecule has 2 bridgehead atoms. The Hall–Kier alpha value is -1.84. The van der Waals surface area contributed by atoms with Crippen LogP contribution in [0.15, 0.2) is 30.3 Å². The van der Waals surface area contributed by atoms with E-state index in [1.54, 1.807) is 4.90 Å². The molecule has 0 aromatic heterocycles. The Balaban J connectivity index is 1.52. The summed E-state index contributed by atoms with van der Waals surface area (Å²) in [6, 6.07) is 9.60. The van der Waals surface area contributed by atoms with E-state index in [4.69, 9.17) is 4.74 Å². The molecule has 0 N–H and O–H groups in total. The van der Waals surface area contributed by atoms with Crippen LogP contribution in [0.4, 0.5) is 4.79 Å². The third-order valence-corrected chi connectivity index (χ3v) is 3.72. The fourth-order valence-electron chi connectivity index (χ4n) is 2.64. The molecule has 1 aromatic rings. The summed E-state index contributed by atoms with van der Waals surface area (Å²) in [7, 11) is 0. The summed E-state index contributed by atoms with van der Waals surface area (Å²) in [5, 5.41) is 0. The van der Waals surface area contributed by atoms with Gasteiger partial charge in [-0.15, -0.1) is 0 Å². The van der Waals surface area contributed by atoms with Gasteiger partial charge in [0.05, 0.1) is 0 Å². The minimum atomic E-state index is -0.305. The van der Waals surface area contributed by atoms with Crippen LogP contribution in [0.1, 0.15) is 12.0 Å². The molecule has 2 heterocycles. The molecule has 1 amide bonds. The van der Waals surface area contributed by atoms with Gasteiger partial charge >= 0.3 is 6.09 Å². The van der Waals surface area contributed by atoms with Crippen molar-refractivity contribution < 1.29 is 14.3 Å². The summed E-state index contributed by atoms with van der Waals surface area (Å²) >= 11 is 0. The van der Waals surface area contributed by atoms with Gasteiger partial charge in [-0.05, 0) is 12.0 Å². The minimum absolute atomic E-state index is 0.0630. The Morgan fingerprint density at radius 3 is 2.50 bits per heavy atom. The molecule has 4 heteroatoms. The zero-order valence-electron chi connectivity index (χ0n) is 10.0. The Bertz CT molecular complexity index is 457. The van der Waals surface area contributed by atoms with Gasteiger partial charge in [0, 0.05) is 24.9 Å². The fourth-order valence-corrected chi connectivity index (χ4v) is 2.64. The Morgan fingerprint density at radius 2 is 1.89 bits per heavy atom. The van der Waals surface area contributed by atoms with Gasteiger partial charge in [-0.2, -0.15) is 0 Å². The summed E-state index contributed by atoms with van der Waals surface area (Å²) in [4.78, 5) is 24.9. The van der Waals surface area contributed by atoms with Crippen molar-refractivity contribution in [3.63, 3.8) is 0 Å². The van der Waals surface area contributed by atoms with Crippen molar-refractivity contribution in [2.75, 3.05) is 13.1 Å². The van der Waals surface area contributed by atoms with Gasteiger partial charge in [0.2, 0.25) is 0 Å². The summed E-state index contributed by atoms with van der Waals surface area (Å²) in [6.07, 6.45) is 0.641. The van der Waals surface area contributed by atoms with Crippen LogP contribution in [-0.4, -0.2) is 29.9 Å². The smallest absolute Gasteiger partial charge is 0.410 e. The van der Waals surface area contributed by atoms with Crippen LogP contribution >= 0.6 is 0 Å². The van der Waals surface area contributed by atoms with Crippen molar-refractivity contribution in [1.29, 1.82) is 0 Å². The molecule has 1 saturated carbocycles. The van der Waals surface area contributed by atoms with E-state index in [9.17, 15) is 9.59 Å². The third kappa shape index (κ3) is 1.98. The van der Waals surface area contributed by atoms with Crippen LogP contribution in [0.25, 0.3) is 0 Å². The number of nitrogens with zero attached hydrogens (tertiary/aromatic N) is 1. The van der Waals surface area contributed by atoms with E-state index in [0.29, 0.717) is 25.5 Å². The monoisotopic (exact) mass is 245 g/mol. The minimum Gasteiger partial charge on any atom is -0.445 e. The summed E-state index contributed by atoms with van der Waals surface area (Å²) in [5.41, 5.74) is 0.976. The second kappa shape index (κ2) is 4.44. The van der Waals surface area contributed by atoms with Crippen LogP contribution in [0.2, 0.25) is 0 Å². The number of carbonyl (C=O) groups is 2. The zero-order valence-corrected chi connectivity index (χ0v) is 10.0. The molecule has 0 spiro atoms. The first kappa shape index (κ1) is 11.3. The number of rotatable bonds is 2. The summed E-state index contributed by atoms with van der Waals surface area (Å²) in [6.45, 7) is 1.35. The Labute approximate surface area is 106 Å². The maximum Gasteiger partial charge on any atom is 0.410 e. The van der Waals surface area contributed by atoms with Crippen molar-refractivity contribution in [1.82, 2.24) is 4.90 Å².